The predicted octanol–water partition coefficient (Wildman–Crippen LogP) is 3.47. The molecule has 0 spiro atoms. The lowest BCUT2D eigenvalue weighted by molar-refractivity contribution is -0.137. The van der Waals surface area contributed by atoms with Crippen molar-refractivity contribution in [2.45, 2.75) is 6.18 Å². The Morgan fingerprint density at radius 2 is 1.69 bits per heavy atom. The second-order valence-corrected chi connectivity index (χ2v) is 5.16. The van der Waals surface area contributed by atoms with E-state index < -0.39 is 23.7 Å². The van der Waals surface area contributed by atoms with Gasteiger partial charge in [0.05, 0.1) is 19.2 Å². The van der Waals surface area contributed by atoms with Gasteiger partial charge in [0.15, 0.2) is 0 Å². The second-order valence-electron chi connectivity index (χ2n) is 5.16. The number of hydrogen-bond donors (Lipinski definition) is 3. The normalized spacial score (nSPS) is 10.8. The van der Waals surface area contributed by atoms with E-state index >= 15 is 0 Å². The van der Waals surface area contributed by atoms with E-state index in [-0.39, 0.29) is 12.2 Å². The third-order valence-corrected chi connectivity index (χ3v) is 3.23. The van der Waals surface area contributed by atoms with Crippen LogP contribution in [0, 0.1) is 0 Å². The van der Waals surface area contributed by atoms with Gasteiger partial charge in [-0.1, -0.05) is 6.07 Å². The summed E-state index contributed by atoms with van der Waals surface area (Å²) in [6.45, 7) is -0.350. The fourth-order valence-corrected chi connectivity index (χ4v) is 1.98. The number of halogens is 3. The van der Waals surface area contributed by atoms with Crippen LogP contribution >= 0.6 is 0 Å². The molecule has 0 atom stereocenters. The number of hydrogen-bond acceptors (Lipinski definition) is 3. The van der Waals surface area contributed by atoms with E-state index in [0.717, 1.165) is 24.3 Å². The Labute approximate surface area is 147 Å². The van der Waals surface area contributed by atoms with Gasteiger partial charge in [0.2, 0.25) is 5.91 Å². The summed E-state index contributed by atoms with van der Waals surface area (Å²) < 4.78 is 42.4. The first-order valence-electron chi connectivity index (χ1n) is 7.44. The van der Waals surface area contributed by atoms with Crippen LogP contribution < -0.4 is 20.7 Å². The molecule has 6 nitrogen and oxygen atoms in total. The zero-order valence-corrected chi connectivity index (χ0v) is 13.7. The maximum atomic E-state index is 12.5. The van der Waals surface area contributed by atoms with Crippen molar-refractivity contribution in [1.29, 1.82) is 0 Å². The fourth-order valence-electron chi connectivity index (χ4n) is 1.98. The molecule has 0 fully saturated rings. The van der Waals surface area contributed by atoms with E-state index in [1.54, 1.807) is 24.3 Å². The van der Waals surface area contributed by atoms with Crippen molar-refractivity contribution >= 4 is 23.3 Å². The molecule has 0 aliphatic carbocycles. The van der Waals surface area contributed by atoms with Gasteiger partial charge in [0, 0.05) is 17.4 Å². The fraction of sp³-hybridized carbons (Fsp3) is 0.176. The summed E-state index contributed by atoms with van der Waals surface area (Å²) in [6, 6.07) is 10.0. The van der Waals surface area contributed by atoms with E-state index in [4.69, 9.17) is 4.74 Å². The van der Waals surface area contributed by atoms with Crippen molar-refractivity contribution in [3.8, 4) is 5.75 Å². The average molecular weight is 367 g/mol. The molecule has 2 rings (SSSR count). The van der Waals surface area contributed by atoms with Crippen molar-refractivity contribution in [3.63, 3.8) is 0 Å². The number of carbonyl (C=O) groups is 2. The number of nitrogens with one attached hydrogen (secondary N) is 3. The molecule has 0 saturated heterocycles. The minimum Gasteiger partial charge on any atom is -0.497 e. The number of carbonyl (C=O) groups excluding carboxylic acids is 2. The molecule has 0 saturated carbocycles. The number of alkyl halides is 3. The largest absolute Gasteiger partial charge is 0.497 e. The van der Waals surface area contributed by atoms with E-state index in [1.807, 2.05) is 0 Å². The maximum absolute atomic E-state index is 12.5. The first-order valence-corrected chi connectivity index (χ1v) is 7.44. The Hall–Kier alpha value is -3.23. The molecule has 138 valence electrons. The third kappa shape index (κ3) is 5.69. The summed E-state index contributed by atoms with van der Waals surface area (Å²) in [7, 11) is 1.49. The SMILES string of the molecule is COc1cccc(NC(=O)NCC(=O)Nc2ccc(C(F)(F)F)cc2)c1. The molecule has 9 heteroatoms. The molecule has 2 aromatic rings. The average Bonchev–Trinajstić information content (AvgIpc) is 2.60. The highest BCUT2D eigenvalue weighted by Gasteiger charge is 2.29. The molecule has 0 unspecified atom stereocenters. The summed E-state index contributed by atoms with van der Waals surface area (Å²) in [5.41, 5.74) is -0.144. The summed E-state index contributed by atoms with van der Waals surface area (Å²) in [5, 5.41) is 7.26. The summed E-state index contributed by atoms with van der Waals surface area (Å²) in [5.74, 6) is -0.0200. The highest BCUT2D eigenvalue weighted by molar-refractivity contribution is 5.97. The predicted molar refractivity (Wildman–Crippen MR) is 90.1 cm³/mol. The Balaban J connectivity index is 1.81. The molecule has 0 aliphatic heterocycles. The number of benzene rings is 2. The number of rotatable bonds is 5. The molecule has 2 aromatic carbocycles. The van der Waals surface area contributed by atoms with Gasteiger partial charge in [-0.3, -0.25) is 4.79 Å². The number of amides is 3. The summed E-state index contributed by atoms with van der Waals surface area (Å²) in [4.78, 5) is 23.5. The molecular formula is C17H16F3N3O3. The van der Waals surface area contributed by atoms with E-state index in [2.05, 4.69) is 16.0 Å². The smallest absolute Gasteiger partial charge is 0.416 e. The zero-order chi connectivity index (χ0) is 19.2. The van der Waals surface area contributed by atoms with E-state index in [9.17, 15) is 22.8 Å². The molecule has 3 amide bonds. The van der Waals surface area contributed by atoms with Crippen LogP contribution in [0.5, 0.6) is 5.75 Å². The minimum absolute atomic E-state index is 0.193. The number of urea groups is 1. The van der Waals surface area contributed by atoms with Gasteiger partial charge in [-0.15, -0.1) is 0 Å². The topological polar surface area (TPSA) is 79.5 Å². The van der Waals surface area contributed by atoms with Crippen LogP contribution in [0.25, 0.3) is 0 Å². The van der Waals surface area contributed by atoms with Crippen LogP contribution in [0.15, 0.2) is 48.5 Å². The quantitative estimate of drug-likeness (QED) is 0.757. The van der Waals surface area contributed by atoms with Crippen molar-refractivity contribution in [1.82, 2.24) is 5.32 Å². The lowest BCUT2D eigenvalue weighted by atomic mass is 10.2. The zero-order valence-electron chi connectivity index (χ0n) is 13.7. The van der Waals surface area contributed by atoms with Gasteiger partial charge in [-0.25, -0.2) is 4.79 Å². The first kappa shape index (κ1) is 19.1. The molecule has 26 heavy (non-hydrogen) atoms. The molecule has 0 radical (unpaired) electrons. The van der Waals surface area contributed by atoms with Gasteiger partial charge < -0.3 is 20.7 Å². The Bertz CT molecular complexity index is 777. The van der Waals surface area contributed by atoms with Crippen LogP contribution in [0.4, 0.5) is 29.3 Å². The molecule has 3 N–H and O–H groups in total. The monoisotopic (exact) mass is 367 g/mol. The van der Waals surface area contributed by atoms with Crippen LogP contribution in [-0.4, -0.2) is 25.6 Å². The van der Waals surface area contributed by atoms with E-state index in [0.29, 0.717) is 11.4 Å². The highest BCUT2D eigenvalue weighted by atomic mass is 19.4. The third-order valence-electron chi connectivity index (χ3n) is 3.23. The molecular weight excluding hydrogens is 351 g/mol. The van der Waals surface area contributed by atoms with Crippen molar-refractivity contribution in [3.05, 3.63) is 54.1 Å². The van der Waals surface area contributed by atoms with Crippen LogP contribution in [0.2, 0.25) is 0 Å². The van der Waals surface area contributed by atoms with Gasteiger partial charge in [-0.2, -0.15) is 13.2 Å². The first-order chi connectivity index (χ1) is 12.3. The van der Waals surface area contributed by atoms with Crippen LogP contribution in [0.3, 0.4) is 0 Å². The number of ether oxygens (including phenoxy) is 1. The van der Waals surface area contributed by atoms with Gasteiger partial charge in [0.1, 0.15) is 5.75 Å². The van der Waals surface area contributed by atoms with Gasteiger partial charge >= 0.3 is 12.2 Å². The highest BCUT2D eigenvalue weighted by Crippen LogP contribution is 2.29. The molecule has 0 heterocycles. The van der Waals surface area contributed by atoms with Crippen molar-refractivity contribution in [2.75, 3.05) is 24.3 Å². The van der Waals surface area contributed by atoms with E-state index in [1.165, 1.54) is 7.11 Å². The minimum atomic E-state index is -4.44. The second kappa shape index (κ2) is 8.24. The van der Waals surface area contributed by atoms with Crippen molar-refractivity contribution in [2.24, 2.45) is 0 Å². The number of methoxy groups -OCH3 is 1. The Kier molecular flexibility index (Phi) is 6.05. The standard InChI is InChI=1S/C17H16F3N3O3/c1-26-14-4-2-3-13(9-14)23-16(25)21-10-15(24)22-12-7-5-11(6-8-12)17(18,19)20/h2-9H,10H2,1H3,(H,22,24)(H2,21,23,25). The Morgan fingerprint density at radius 3 is 2.31 bits per heavy atom. The Morgan fingerprint density at radius 1 is 1.00 bits per heavy atom. The lowest BCUT2D eigenvalue weighted by Crippen LogP contribution is -2.35. The number of anilines is 2. The molecule has 0 aromatic heterocycles. The van der Waals surface area contributed by atoms with Gasteiger partial charge in [-0.05, 0) is 36.4 Å². The maximum Gasteiger partial charge on any atom is 0.416 e. The summed E-state index contributed by atoms with van der Waals surface area (Å²) >= 11 is 0. The summed E-state index contributed by atoms with van der Waals surface area (Å²) in [6.07, 6.45) is -4.44. The van der Waals surface area contributed by atoms with Crippen LogP contribution in [0.1, 0.15) is 5.56 Å². The lowest BCUT2D eigenvalue weighted by Gasteiger charge is -2.10. The molecule has 0 bridgehead atoms. The molecule has 0 aliphatic rings. The van der Waals surface area contributed by atoms with Gasteiger partial charge in [0.25, 0.3) is 0 Å². The van der Waals surface area contributed by atoms with Crippen LogP contribution in [-0.2, 0) is 11.0 Å². The van der Waals surface area contributed by atoms with Crippen molar-refractivity contribution < 1.29 is 27.5 Å².